The van der Waals surface area contributed by atoms with Gasteiger partial charge in [0.05, 0.1) is 0 Å². The Morgan fingerprint density at radius 3 is 2.46 bits per heavy atom. The van der Waals surface area contributed by atoms with Gasteiger partial charge in [-0.15, -0.1) is 10.2 Å². The molecule has 0 atom stereocenters. The molecule has 1 amide bonds. The van der Waals surface area contributed by atoms with Crippen LogP contribution in [0.4, 0.5) is 0 Å². The predicted molar refractivity (Wildman–Crippen MR) is 109 cm³/mol. The molecule has 0 aliphatic heterocycles. The first-order valence-corrected chi connectivity index (χ1v) is 9.99. The Hall–Kier alpha value is -3.19. The maximum Gasteiger partial charge on any atom is 0.251 e. The zero-order valence-electron chi connectivity index (χ0n) is 15.2. The third-order valence-corrected chi connectivity index (χ3v) is 5.19. The van der Waals surface area contributed by atoms with Crippen LogP contribution in [0.3, 0.4) is 0 Å². The molecule has 140 valence electrons. The SMILES string of the molecule is O=C(NCCc1nnc2ccc(SCc3ccccc3)nn12)c1ccccc1. The number of carbonyl (C=O) groups is 1. The summed E-state index contributed by atoms with van der Waals surface area (Å²) in [6.45, 7) is 0.470. The molecule has 4 rings (SSSR count). The minimum absolute atomic E-state index is 0.0958. The second-order valence-electron chi connectivity index (χ2n) is 6.20. The van der Waals surface area contributed by atoms with Gasteiger partial charge in [0.2, 0.25) is 0 Å². The second-order valence-corrected chi connectivity index (χ2v) is 7.20. The lowest BCUT2D eigenvalue weighted by molar-refractivity contribution is 0.0954. The molecule has 0 radical (unpaired) electrons. The van der Waals surface area contributed by atoms with Crippen LogP contribution in [0.5, 0.6) is 0 Å². The molecule has 2 heterocycles. The monoisotopic (exact) mass is 389 g/mol. The predicted octanol–water partition coefficient (Wildman–Crippen LogP) is 3.39. The summed E-state index contributed by atoms with van der Waals surface area (Å²) in [7, 11) is 0. The fourth-order valence-electron chi connectivity index (χ4n) is 2.76. The number of amides is 1. The summed E-state index contributed by atoms with van der Waals surface area (Å²) >= 11 is 1.67. The molecule has 2 aromatic heterocycles. The number of thioether (sulfide) groups is 1. The minimum Gasteiger partial charge on any atom is -0.352 e. The Balaban J connectivity index is 1.39. The average Bonchev–Trinajstić information content (AvgIpc) is 3.16. The first-order chi connectivity index (χ1) is 13.8. The van der Waals surface area contributed by atoms with E-state index in [1.807, 2.05) is 48.5 Å². The Kier molecular flexibility index (Phi) is 5.63. The van der Waals surface area contributed by atoms with Crippen LogP contribution in [0.25, 0.3) is 5.65 Å². The lowest BCUT2D eigenvalue weighted by Crippen LogP contribution is -2.26. The van der Waals surface area contributed by atoms with Crippen molar-refractivity contribution in [3.8, 4) is 0 Å². The molecule has 28 heavy (non-hydrogen) atoms. The molecule has 0 spiro atoms. The summed E-state index contributed by atoms with van der Waals surface area (Å²) in [5.74, 6) is 1.48. The number of carbonyl (C=O) groups excluding carboxylic acids is 1. The number of nitrogens with one attached hydrogen (secondary N) is 1. The molecule has 0 bridgehead atoms. The Morgan fingerprint density at radius 2 is 1.68 bits per heavy atom. The first-order valence-electron chi connectivity index (χ1n) is 9.01. The summed E-state index contributed by atoms with van der Waals surface area (Å²) in [5, 5.41) is 16.8. The number of hydrogen-bond donors (Lipinski definition) is 1. The van der Waals surface area contributed by atoms with Gasteiger partial charge < -0.3 is 5.32 Å². The van der Waals surface area contributed by atoms with Gasteiger partial charge in [0, 0.05) is 24.3 Å². The molecule has 0 fully saturated rings. The normalized spacial score (nSPS) is 10.9. The number of hydrogen-bond acceptors (Lipinski definition) is 5. The smallest absolute Gasteiger partial charge is 0.251 e. The van der Waals surface area contributed by atoms with E-state index >= 15 is 0 Å². The Bertz CT molecular complexity index is 1070. The van der Waals surface area contributed by atoms with E-state index in [4.69, 9.17) is 0 Å². The van der Waals surface area contributed by atoms with E-state index in [2.05, 4.69) is 32.7 Å². The van der Waals surface area contributed by atoms with Crippen LogP contribution in [-0.4, -0.2) is 32.3 Å². The lowest BCUT2D eigenvalue weighted by Gasteiger charge is -2.05. The summed E-state index contributed by atoms with van der Waals surface area (Å²) in [6.07, 6.45) is 0.555. The van der Waals surface area contributed by atoms with E-state index in [1.165, 1.54) is 5.56 Å². The molecule has 0 saturated heterocycles. The summed E-state index contributed by atoms with van der Waals surface area (Å²) < 4.78 is 1.75. The van der Waals surface area contributed by atoms with Crippen molar-refractivity contribution in [3.63, 3.8) is 0 Å². The summed E-state index contributed by atoms with van der Waals surface area (Å²) in [4.78, 5) is 12.1. The molecular weight excluding hydrogens is 370 g/mol. The van der Waals surface area contributed by atoms with Crippen molar-refractivity contribution in [1.82, 2.24) is 25.1 Å². The van der Waals surface area contributed by atoms with Gasteiger partial charge in [-0.1, -0.05) is 60.3 Å². The highest BCUT2D eigenvalue weighted by molar-refractivity contribution is 7.98. The van der Waals surface area contributed by atoms with Gasteiger partial charge in [-0.25, -0.2) is 0 Å². The highest BCUT2D eigenvalue weighted by Crippen LogP contribution is 2.21. The van der Waals surface area contributed by atoms with Crippen molar-refractivity contribution >= 4 is 23.3 Å². The van der Waals surface area contributed by atoms with Crippen LogP contribution >= 0.6 is 11.8 Å². The van der Waals surface area contributed by atoms with E-state index in [-0.39, 0.29) is 5.91 Å². The largest absolute Gasteiger partial charge is 0.352 e. The van der Waals surface area contributed by atoms with Crippen molar-refractivity contribution in [2.45, 2.75) is 17.2 Å². The highest BCUT2D eigenvalue weighted by Gasteiger charge is 2.10. The quantitative estimate of drug-likeness (QED) is 0.491. The Labute approximate surface area is 167 Å². The molecule has 0 aliphatic carbocycles. The van der Waals surface area contributed by atoms with Gasteiger partial charge in [-0.3, -0.25) is 4.79 Å². The molecule has 7 heteroatoms. The van der Waals surface area contributed by atoms with Crippen LogP contribution in [-0.2, 0) is 12.2 Å². The number of benzene rings is 2. The number of fused-ring (bicyclic) bond motifs is 1. The van der Waals surface area contributed by atoms with Gasteiger partial charge in [-0.05, 0) is 29.8 Å². The van der Waals surface area contributed by atoms with Gasteiger partial charge in [0.25, 0.3) is 5.91 Å². The number of aromatic nitrogens is 4. The molecule has 1 N–H and O–H groups in total. The van der Waals surface area contributed by atoms with Crippen LogP contribution in [0.15, 0.2) is 77.8 Å². The third-order valence-electron chi connectivity index (χ3n) is 4.20. The van der Waals surface area contributed by atoms with Crippen LogP contribution in [0.1, 0.15) is 21.7 Å². The average molecular weight is 389 g/mol. The zero-order valence-corrected chi connectivity index (χ0v) is 16.0. The second kappa shape index (κ2) is 8.67. The van der Waals surface area contributed by atoms with Crippen molar-refractivity contribution in [1.29, 1.82) is 0 Å². The summed E-state index contributed by atoms with van der Waals surface area (Å²) in [6, 6.07) is 23.3. The highest BCUT2D eigenvalue weighted by atomic mass is 32.2. The van der Waals surface area contributed by atoms with Gasteiger partial charge in [-0.2, -0.15) is 9.61 Å². The van der Waals surface area contributed by atoms with E-state index in [9.17, 15) is 4.79 Å². The maximum absolute atomic E-state index is 12.1. The molecule has 6 nitrogen and oxygen atoms in total. The van der Waals surface area contributed by atoms with Crippen LogP contribution in [0, 0.1) is 0 Å². The zero-order chi connectivity index (χ0) is 19.2. The lowest BCUT2D eigenvalue weighted by atomic mass is 10.2. The fraction of sp³-hybridized carbons (Fsp3) is 0.143. The van der Waals surface area contributed by atoms with Crippen molar-refractivity contribution in [3.05, 3.63) is 89.7 Å². The fourth-order valence-corrected chi connectivity index (χ4v) is 3.57. The first kappa shape index (κ1) is 18.2. The van der Waals surface area contributed by atoms with E-state index in [1.54, 1.807) is 28.4 Å². The number of nitrogens with zero attached hydrogens (tertiary/aromatic N) is 4. The van der Waals surface area contributed by atoms with E-state index in [0.29, 0.717) is 24.2 Å². The molecule has 0 unspecified atom stereocenters. The topological polar surface area (TPSA) is 72.2 Å². The molecular formula is C21H19N5OS. The minimum atomic E-state index is -0.0958. The van der Waals surface area contributed by atoms with E-state index in [0.717, 1.165) is 16.6 Å². The van der Waals surface area contributed by atoms with Gasteiger partial charge in [0.1, 0.15) is 5.03 Å². The Morgan fingerprint density at radius 1 is 0.929 bits per heavy atom. The third kappa shape index (κ3) is 4.37. The van der Waals surface area contributed by atoms with Crippen molar-refractivity contribution in [2.24, 2.45) is 0 Å². The van der Waals surface area contributed by atoms with Gasteiger partial charge >= 0.3 is 0 Å². The molecule has 2 aromatic carbocycles. The van der Waals surface area contributed by atoms with E-state index < -0.39 is 0 Å². The molecule has 0 aliphatic rings. The van der Waals surface area contributed by atoms with Crippen LogP contribution in [0.2, 0.25) is 0 Å². The van der Waals surface area contributed by atoms with Crippen molar-refractivity contribution in [2.75, 3.05) is 6.54 Å². The van der Waals surface area contributed by atoms with Crippen molar-refractivity contribution < 1.29 is 4.79 Å². The maximum atomic E-state index is 12.1. The summed E-state index contributed by atoms with van der Waals surface area (Å²) in [5.41, 5.74) is 2.60. The number of rotatable bonds is 7. The molecule has 0 saturated carbocycles. The standard InChI is InChI=1S/C21H19N5OS/c27-21(17-9-5-2-6-10-17)22-14-13-19-24-23-18-11-12-20(25-26(18)19)28-15-16-7-3-1-4-8-16/h1-12H,13-15H2,(H,22,27). The van der Waals surface area contributed by atoms with Gasteiger partial charge in [0.15, 0.2) is 11.5 Å². The van der Waals surface area contributed by atoms with Crippen LogP contribution < -0.4 is 5.32 Å². The molecule has 4 aromatic rings.